The summed E-state index contributed by atoms with van der Waals surface area (Å²) in [5.74, 6) is 0.209. The van der Waals surface area contributed by atoms with Crippen molar-refractivity contribution in [3.8, 4) is 0 Å². The van der Waals surface area contributed by atoms with Crippen LogP contribution in [0.1, 0.15) is 50.9 Å². The predicted octanol–water partition coefficient (Wildman–Crippen LogP) is 3.04. The number of hydrogen-bond donors (Lipinski definition) is 1. The van der Waals surface area contributed by atoms with Crippen molar-refractivity contribution < 1.29 is 14.1 Å². The lowest BCUT2D eigenvalue weighted by molar-refractivity contribution is 0.00578. The molecular formula is C17H24BNO3. The van der Waals surface area contributed by atoms with Crippen LogP contribution in [0.2, 0.25) is 5.82 Å². The second-order valence-corrected chi connectivity index (χ2v) is 7.31. The minimum absolute atomic E-state index is 0.0215. The molecule has 0 spiro atoms. The van der Waals surface area contributed by atoms with Crippen LogP contribution in [-0.4, -0.2) is 30.3 Å². The van der Waals surface area contributed by atoms with E-state index in [1.165, 1.54) is 0 Å². The normalized spacial score (nSPS) is 29.0. The predicted molar refractivity (Wildman–Crippen MR) is 86.8 cm³/mol. The fourth-order valence-electron chi connectivity index (χ4n) is 2.94. The third kappa shape index (κ3) is 2.68. The molecule has 1 saturated heterocycles. The average Bonchev–Trinajstić information content (AvgIpc) is 2.63. The lowest BCUT2D eigenvalue weighted by Crippen LogP contribution is -2.50. The molecule has 1 saturated carbocycles. The molecule has 1 aliphatic carbocycles. The first kappa shape index (κ1) is 15.6. The molecule has 3 rings (SSSR count). The SMILES string of the molecule is CC1(C)OB([C@@H]2CC[C@@H]2NC(=O)c2ccccc2)OC1(C)C. The highest BCUT2D eigenvalue weighted by molar-refractivity contribution is 6.48. The van der Waals surface area contributed by atoms with Crippen molar-refractivity contribution in [2.75, 3.05) is 0 Å². The van der Waals surface area contributed by atoms with Gasteiger partial charge in [-0.15, -0.1) is 0 Å². The van der Waals surface area contributed by atoms with Crippen molar-refractivity contribution in [1.82, 2.24) is 5.32 Å². The Labute approximate surface area is 132 Å². The summed E-state index contributed by atoms with van der Waals surface area (Å²) in [5.41, 5.74) is 0.0599. The van der Waals surface area contributed by atoms with Crippen LogP contribution in [0, 0.1) is 0 Å². The van der Waals surface area contributed by atoms with Gasteiger partial charge in [-0.3, -0.25) is 4.79 Å². The topological polar surface area (TPSA) is 47.6 Å². The fraction of sp³-hybridized carbons (Fsp3) is 0.588. The molecule has 2 aliphatic rings. The van der Waals surface area contributed by atoms with Gasteiger partial charge in [0.05, 0.1) is 11.2 Å². The zero-order valence-electron chi connectivity index (χ0n) is 13.8. The molecule has 0 radical (unpaired) electrons. The van der Waals surface area contributed by atoms with Crippen molar-refractivity contribution in [1.29, 1.82) is 0 Å². The van der Waals surface area contributed by atoms with Crippen LogP contribution in [-0.2, 0) is 9.31 Å². The van der Waals surface area contributed by atoms with E-state index in [9.17, 15) is 4.79 Å². The van der Waals surface area contributed by atoms with E-state index in [4.69, 9.17) is 9.31 Å². The number of carbonyl (C=O) groups is 1. The minimum Gasteiger partial charge on any atom is -0.403 e. The molecule has 0 aromatic heterocycles. The number of nitrogens with one attached hydrogen (secondary N) is 1. The van der Waals surface area contributed by atoms with E-state index in [1.54, 1.807) is 0 Å². The Kier molecular flexibility index (Phi) is 3.81. The van der Waals surface area contributed by atoms with Gasteiger partial charge < -0.3 is 14.6 Å². The van der Waals surface area contributed by atoms with Gasteiger partial charge in [-0.1, -0.05) is 18.2 Å². The first-order valence-electron chi connectivity index (χ1n) is 8.02. The first-order valence-corrected chi connectivity index (χ1v) is 8.02. The molecule has 1 heterocycles. The summed E-state index contributed by atoms with van der Waals surface area (Å²) in [6.45, 7) is 8.24. The van der Waals surface area contributed by atoms with Gasteiger partial charge in [0.25, 0.3) is 5.91 Å². The molecule has 2 fully saturated rings. The summed E-state index contributed by atoms with van der Waals surface area (Å²) in [6.07, 6.45) is 2.00. The lowest BCUT2D eigenvalue weighted by atomic mass is 9.57. The summed E-state index contributed by atoms with van der Waals surface area (Å²) in [5, 5.41) is 3.12. The van der Waals surface area contributed by atoms with Gasteiger partial charge in [-0.2, -0.15) is 0 Å². The van der Waals surface area contributed by atoms with E-state index in [-0.39, 0.29) is 36.1 Å². The summed E-state index contributed by atoms with van der Waals surface area (Å²) < 4.78 is 12.2. The van der Waals surface area contributed by atoms with E-state index in [2.05, 4.69) is 33.0 Å². The second-order valence-electron chi connectivity index (χ2n) is 7.31. The lowest BCUT2D eigenvalue weighted by Gasteiger charge is -2.38. The molecule has 5 heteroatoms. The second kappa shape index (κ2) is 5.39. The third-order valence-corrected chi connectivity index (χ3v) is 5.30. The highest BCUT2D eigenvalue weighted by atomic mass is 16.7. The van der Waals surface area contributed by atoms with E-state index < -0.39 is 0 Å². The zero-order valence-corrected chi connectivity index (χ0v) is 13.8. The van der Waals surface area contributed by atoms with Gasteiger partial charge in [-0.05, 0) is 52.7 Å². The van der Waals surface area contributed by atoms with Gasteiger partial charge in [0.2, 0.25) is 0 Å². The molecule has 1 aliphatic heterocycles. The smallest absolute Gasteiger partial charge is 0.403 e. The molecule has 4 nitrogen and oxygen atoms in total. The first-order chi connectivity index (χ1) is 10.3. The molecule has 0 unspecified atom stereocenters. The molecule has 1 amide bonds. The number of rotatable bonds is 3. The Morgan fingerprint density at radius 1 is 1.09 bits per heavy atom. The Morgan fingerprint density at radius 2 is 1.68 bits per heavy atom. The third-order valence-electron chi connectivity index (χ3n) is 5.30. The van der Waals surface area contributed by atoms with Crippen LogP contribution >= 0.6 is 0 Å². The quantitative estimate of drug-likeness (QED) is 0.873. The highest BCUT2D eigenvalue weighted by Gasteiger charge is 2.57. The average molecular weight is 301 g/mol. The zero-order chi connectivity index (χ0) is 16.0. The fourth-order valence-corrected chi connectivity index (χ4v) is 2.94. The van der Waals surface area contributed by atoms with Gasteiger partial charge in [0.1, 0.15) is 0 Å². The van der Waals surface area contributed by atoms with Crippen molar-refractivity contribution in [2.45, 2.75) is 63.6 Å². The maximum absolute atomic E-state index is 12.3. The summed E-state index contributed by atoms with van der Waals surface area (Å²) in [4.78, 5) is 12.3. The van der Waals surface area contributed by atoms with Crippen LogP contribution in [0.15, 0.2) is 30.3 Å². The van der Waals surface area contributed by atoms with Crippen molar-refractivity contribution in [2.24, 2.45) is 0 Å². The van der Waals surface area contributed by atoms with Crippen LogP contribution in [0.4, 0.5) is 0 Å². The monoisotopic (exact) mass is 301 g/mol. The Bertz CT molecular complexity index is 542. The maximum atomic E-state index is 12.3. The van der Waals surface area contributed by atoms with Crippen LogP contribution < -0.4 is 5.32 Å². The van der Waals surface area contributed by atoms with Gasteiger partial charge in [0, 0.05) is 17.4 Å². The molecule has 1 aromatic rings. The van der Waals surface area contributed by atoms with Crippen molar-refractivity contribution >= 4 is 13.0 Å². The number of benzene rings is 1. The van der Waals surface area contributed by atoms with Gasteiger partial charge in [0.15, 0.2) is 0 Å². The van der Waals surface area contributed by atoms with Crippen molar-refractivity contribution in [3.05, 3.63) is 35.9 Å². The van der Waals surface area contributed by atoms with E-state index in [0.29, 0.717) is 5.56 Å². The molecule has 2 atom stereocenters. The largest absolute Gasteiger partial charge is 0.463 e. The summed E-state index contributed by atoms with van der Waals surface area (Å²) in [6, 6.07) is 9.45. The molecular weight excluding hydrogens is 277 g/mol. The summed E-state index contributed by atoms with van der Waals surface area (Å²) in [7, 11) is -0.236. The summed E-state index contributed by atoms with van der Waals surface area (Å²) >= 11 is 0. The minimum atomic E-state index is -0.318. The highest BCUT2D eigenvalue weighted by Crippen LogP contribution is 2.46. The van der Waals surface area contributed by atoms with Crippen LogP contribution in [0.25, 0.3) is 0 Å². The molecule has 118 valence electrons. The Morgan fingerprint density at radius 3 is 2.18 bits per heavy atom. The maximum Gasteiger partial charge on any atom is 0.463 e. The van der Waals surface area contributed by atoms with Crippen molar-refractivity contribution in [3.63, 3.8) is 0 Å². The number of carbonyl (C=O) groups excluding carboxylic acids is 1. The van der Waals surface area contributed by atoms with Gasteiger partial charge in [-0.25, -0.2) is 0 Å². The molecule has 22 heavy (non-hydrogen) atoms. The molecule has 1 aromatic carbocycles. The van der Waals surface area contributed by atoms with E-state index in [0.717, 1.165) is 12.8 Å². The Hall–Kier alpha value is -1.33. The van der Waals surface area contributed by atoms with Crippen LogP contribution in [0.5, 0.6) is 0 Å². The number of amides is 1. The molecule has 1 N–H and O–H groups in total. The van der Waals surface area contributed by atoms with E-state index in [1.807, 2.05) is 30.3 Å². The van der Waals surface area contributed by atoms with Gasteiger partial charge >= 0.3 is 7.12 Å². The Balaban J connectivity index is 1.63. The van der Waals surface area contributed by atoms with Crippen LogP contribution in [0.3, 0.4) is 0 Å². The van der Waals surface area contributed by atoms with E-state index >= 15 is 0 Å². The standard InChI is InChI=1S/C17H24BNO3/c1-16(2)17(3,4)22-18(21-16)13-10-11-14(13)19-15(20)12-8-6-5-7-9-12/h5-9,13-14H,10-11H2,1-4H3,(H,19,20)/t13-,14+/m1/s1. The number of hydrogen-bond acceptors (Lipinski definition) is 3. The molecule has 0 bridgehead atoms.